The summed E-state index contributed by atoms with van der Waals surface area (Å²) >= 11 is 0. The molecule has 0 bridgehead atoms. The van der Waals surface area contributed by atoms with E-state index in [1.54, 1.807) is 13.0 Å². The zero-order valence-electron chi connectivity index (χ0n) is 14.4. The Labute approximate surface area is 141 Å². The van der Waals surface area contributed by atoms with Gasteiger partial charge in [-0.25, -0.2) is 4.79 Å². The minimum Gasteiger partial charge on any atom is -0.460 e. The average molecular weight is 330 g/mol. The molecular formula is C19H22O5. The molecule has 1 N–H and O–H groups in total. The summed E-state index contributed by atoms with van der Waals surface area (Å²) in [6, 6.07) is 0. The molecule has 0 amide bonds. The minimum atomic E-state index is -0.818. The lowest BCUT2D eigenvalue weighted by Crippen LogP contribution is -2.49. The molecule has 0 aliphatic heterocycles. The highest BCUT2D eigenvalue weighted by atomic mass is 16.5. The molecule has 0 saturated carbocycles. The van der Waals surface area contributed by atoms with Crippen molar-refractivity contribution in [1.82, 2.24) is 0 Å². The maximum atomic E-state index is 12.9. The summed E-state index contributed by atoms with van der Waals surface area (Å²) < 4.78 is 11.2. The smallest absolute Gasteiger partial charge is 0.333 e. The van der Waals surface area contributed by atoms with E-state index >= 15 is 0 Å². The predicted octanol–water partition coefficient (Wildman–Crippen LogP) is 3.28. The number of ether oxygens (including phenoxy) is 1. The molecule has 1 heterocycles. The van der Waals surface area contributed by atoms with Crippen LogP contribution in [0.2, 0.25) is 0 Å². The van der Waals surface area contributed by atoms with Crippen LogP contribution in [0.5, 0.6) is 0 Å². The number of hydrogen-bond donors (Lipinski definition) is 1. The summed E-state index contributed by atoms with van der Waals surface area (Å²) in [4.78, 5) is 25.1. The molecule has 5 heteroatoms. The van der Waals surface area contributed by atoms with Gasteiger partial charge in [0.25, 0.3) is 0 Å². The Hall–Kier alpha value is -2.14. The number of ketones is 1. The van der Waals surface area contributed by atoms with Crippen LogP contribution in [-0.4, -0.2) is 23.0 Å². The Balaban J connectivity index is 2.23. The first-order chi connectivity index (χ1) is 11.2. The fourth-order valence-electron chi connectivity index (χ4n) is 3.79. The van der Waals surface area contributed by atoms with Gasteiger partial charge in [0.05, 0.1) is 12.4 Å². The number of Topliss-reactive ketones (excluding diaryl/α,β-unsaturated/α-hetero) is 1. The molecule has 0 spiro atoms. The van der Waals surface area contributed by atoms with Gasteiger partial charge < -0.3 is 14.3 Å². The zero-order chi connectivity index (χ0) is 17.8. The van der Waals surface area contributed by atoms with Crippen LogP contribution in [-0.2, 0) is 9.53 Å². The van der Waals surface area contributed by atoms with Gasteiger partial charge in [-0.05, 0) is 31.7 Å². The summed E-state index contributed by atoms with van der Waals surface area (Å²) in [5.41, 5.74) is 1.36. The maximum absolute atomic E-state index is 12.9. The maximum Gasteiger partial charge on any atom is 0.333 e. The van der Waals surface area contributed by atoms with Crippen molar-refractivity contribution >= 4 is 11.8 Å². The van der Waals surface area contributed by atoms with Crippen LogP contribution >= 0.6 is 0 Å². The van der Waals surface area contributed by atoms with E-state index in [-0.39, 0.29) is 23.0 Å². The first-order valence-electron chi connectivity index (χ1n) is 8.07. The third kappa shape index (κ3) is 2.11. The molecule has 5 nitrogen and oxygen atoms in total. The topological polar surface area (TPSA) is 76.7 Å². The molecule has 1 aromatic rings. The van der Waals surface area contributed by atoms with Gasteiger partial charge >= 0.3 is 5.97 Å². The third-order valence-corrected chi connectivity index (χ3v) is 5.52. The van der Waals surface area contributed by atoms with Crippen LogP contribution in [0, 0.1) is 18.3 Å². The van der Waals surface area contributed by atoms with Gasteiger partial charge in [-0.15, -0.1) is 0 Å². The summed E-state index contributed by atoms with van der Waals surface area (Å²) in [5, 5.41) is 10.4. The number of rotatable bonds is 2. The molecule has 128 valence electrons. The molecule has 2 aliphatic rings. The quantitative estimate of drug-likeness (QED) is 0.665. The van der Waals surface area contributed by atoms with Crippen molar-refractivity contribution in [3.63, 3.8) is 0 Å². The monoisotopic (exact) mass is 330 g/mol. The van der Waals surface area contributed by atoms with Gasteiger partial charge in [0.2, 0.25) is 5.78 Å². The van der Waals surface area contributed by atoms with Gasteiger partial charge in [0, 0.05) is 22.1 Å². The number of furan rings is 1. The SMILES string of the molecule is C=C(C)C(=O)O[C@@H]1c2c(C)coc2C(=O)C2=CC[C@H](O)[C@H](C)[C@]21C. The zero-order valence-corrected chi connectivity index (χ0v) is 14.4. The first-order valence-corrected chi connectivity index (χ1v) is 8.07. The van der Waals surface area contributed by atoms with Crippen molar-refractivity contribution in [2.45, 2.75) is 46.3 Å². The molecule has 2 aliphatic carbocycles. The third-order valence-electron chi connectivity index (χ3n) is 5.52. The van der Waals surface area contributed by atoms with Crippen molar-refractivity contribution < 1.29 is 23.8 Å². The number of carbonyl (C=O) groups is 2. The molecular weight excluding hydrogens is 308 g/mol. The van der Waals surface area contributed by atoms with E-state index in [4.69, 9.17) is 9.15 Å². The second-order valence-electron chi connectivity index (χ2n) is 7.05. The average Bonchev–Trinajstić information content (AvgIpc) is 2.90. The first kappa shape index (κ1) is 16.7. The van der Waals surface area contributed by atoms with E-state index in [0.29, 0.717) is 17.6 Å². The van der Waals surface area contributed by atoms with Gasteiger partial charge in [-0.1, -0.05) is 26.5 Å². The number of aryl methyl sites for hydroxylation is 1. The molecule has 24 heavy (non-hydrogen) atoms. The second-order valence-corrected chi connectivity index (χ2v) is 7.05. The number of aliphatic hydroxyl groups excluding tert-OH is 1. The van der Waals surface area contributed by atoms with Gasteiger partial charge in [-0.2, -0.15) is 0 Å². The highest BCUT2D eigenvalue weighted by molar-refractivity contribution is 6.10. The van der Waals surface area contributed by atoms with Crippen molar-refractivity contribution in [3.8, 4) is 0 Å². The Morgan fingerprint density at radius 1 is 1.50 bits per heavy atom. The van der Waals surface area contributed by atoms with Gasteiger partial charge in [-0.3, -0.25) is 4.79 Å². The summed E-state index contributed by atoms with van der Waals surface area (Å²) in [7, 11) is 0. The van der Waals surface area contributed by atoms with E-state index < -0.39 is 23.6 Å². The van der Waals surface area contributed by atoms with Crippen LogP contribution in [0.3, 0.4) is 0 Å². The fourth-order valence-corrected chi connectivity index (χ4v) is 3.79. The number of aliphatic hydroxyl groups is 1. The molecule has 0 aromatic carbocycles. The molecule has 3 rings (SSSR count). The standard InChI is InChI=1S/C19H22O5/c1-9(2)18(22)24-17-14-10(3)8-23-16(14)15(21)12-6-7-13(20)11(4)19(12,17)5/h6,8,11,13,17,20H,1,7H2,2-5H3/t11-,13-,17+,19+/m0/s1. The fraction of sp³-hybridized carbons (Fsp3) is 0.474. The Morgan fingerprint density at radius 2 is 2.17 bits per heavy atom. The Morgan fingerprint density at radius 3 is 2.79 bits per heavy atom. The van der Waals surface area contributed by atoms with Crippen LogP contribution < -0.4 is 0 Å². The number of hydrogen-bond acceptors (Lipinski definition) is 5. The molecule has 4 atom stereocenters. The lowest BCUT2D eigenvalue weighted by molar-refractivity contribution is -0.155. The largest absolute Gasteiger partial charge is 0.460 e. The van der Waals surface area contributed by atoms with Crippen LogP contribution in [0.15, 0.2) is 34.5 Å². The Bertz CT molecular complexity index is 769. The highest BCUT2D eigenvalue weighted by Crippen LogP contribution is 2.57. The number of esters is 1. The summed E-state index contributed by atoms with van der Waals surface area (Å²) in [5.74, 6) is -0.748. The number of carbonyl (C=O) groups excluding carboxylic acids is 2. The summed E-state index contributed by atoms with van der Waals surface area (Å²) in [6.07, 6.45) is 2.34. The second kappa shape index (κ2) is 5.45. The summed E-state index contributed by atoms with van der Waals surface area (Å²) in [6.45, 7) is 10.8. The van der Waals surface area contributed by atoms with Crippen molar-refractivity contribution in [2.24, 2.45) is 11.3 Å². The molecule has 0 unspecified atom stereocenters. The van der Waals surface area contributed by atoms with Crippen molar-refractivity contribution in [3.05, 3.63) is 47.0 Å². The normalized spacial score (nSPS) is 31.8. The molecule has 1 aromatic heterocycles. The van der Waals surface area contributed by atoms with E-state index in [2.05, 4.69) is 6.58 Å². The van der Waals surface area contributed by atoms with Crippen molar-refractivity contribution in [2.75, 3.05) is 0 Å². The van der Waals surface area contributed by atoms with E-state index in [9.17, 15) is 14.7 Å². The molecule has 0 saturated heterocycles. The number of fused-ring (bicyclic) bond motifs is 2. The van der Waals surface area contributed by atoms with Crippen LogP contribution in [0.25, 0.3) is 0 Å². The van der Waals surface area contributed by atoms with E-state index in [0.717, 1.165) is 5.56 Å². The molecule has 0 fully saturated rings. The van der Waals surface area contributed by atoms with Crippen LogP contribution in [0.4, 0.5) is 0 Å². The lowest BCUT2D eigenvalue weighted by Gasteiger charge is -2.49. The van der Waals surface area contributed by atoms with Crippen molar-refractivity contribution in [1.29, 1.82) is 0 Å². The van der Waals surface area contributed by atoms with Gasteiger partial charge in [0.1, 0.15) is 6.10 Å². The molecule has 0 radical (unpaired) electrons. The van der Waals surface area contributed by atoms with Gasteiger partial charge in [0.15, 0.2) is 5.76 Å². The van der Waals surface area contributed by atoms with E-state index in [1.165, 1.54) is 6.26 Å². The van der Waals surface area contributed by atoms with Crippen LogP contribution in [0.1, 0.15) is 55.0 Å². The lowest BCUT2D eigenvalue weighted by atomic mass is 9.57. The minimum absolute atomic E-state index is 0.193. The Kier molecular flexibility index (Phi) is 3.79. The van der Waals surface area contributed by atoms with E-state index in [1.807, 2.05) is 20.8 Å². The predicted molar refractivity (Wildman–Crippen MR) is 87.4 cm³/mol. The highest BCUT2D eigenvalue weighted by Gasteiger charge is 2.57.